The summed E-state index contributed by atoms with van der Waals surface area (Å²) in [6, 6.07) is 0. The van der Waals surface area contributed by atoms with Crippen molar-refractivity contribution >= 4 is 5.97 Å². The predicted octanol–water partition coefficient (Wildman–Crippen LogP) is 1.25. The van der Waals surface area contributed by atoms with Crippen molar-refractivity contribution in [2.75, 3.05) is 26.3 Å². The van der Waals surface area contributed by atoms with E-state index >= 15 is 0 Å². The third kappa shape index (κ3) is 3.09. The molecule has 1 aliphatic rings. The predicted molar refractivity (Wildman–Crippen MR) is 57.5 cm³/mol. The average molecular weight is 211 g/mol. The van der Waals surface area contributed by atoms with Gasteiger partial charge in [-0.2, -0.15) is 0 Å². The van der Waals surface area contributed by atoms with E-state index in [9.17, 15) is 4.79 Å². The Morgan fingerprint density at radius 3 is 2.60 bits per heavy atom. The summed E-state index contributed by atoms with van der Waals surface area (Å²) in [7, 11) is 0. The fraction of sp³-hybridized carbons (Fsp3) is 0.545. The molecule has 0 saturated carbocycles. The van der Waals surface area contributed by atoms with Crippen LogP contribution in [0.5, 0.6) is 0 Å². The molecular formula is C11H17NO3. The highest BCUT2D eigenvalue weighted by atomic mass is 16.5. The lowest BCUT2D eigenvalue weighted by molar-refractivity contribution is -0.132. The highest BCUT2D eigenvalue weighted by molar-refractivity contribution is 5.86. The standard InChI is InChI=1S/C11H17NO3/c1-3-4-10(9(2)11(13)14)12-5-7-15-8-6-12/h3H,1,4-8H2,2H3,(H,13,14)/b10-9+. The van der Waals surface area contributed by atoms with Gasteiger partial charge in [0.25, 0.3) is 0 Å². The van der Waals surface area contributed by atoms with E-state index in [4.69, 9.17) is 9.84 Å². The second-order valence-corrected chi connectivity index (χ2v) is 3.47. The van der Waals surface area contributed by atoms with E-state index in [0.717, 1.165) is 18.8 Å². The van der Waals surface area contributed by atoms with E-state index < -0.39 is 5.97 Å². The minimum Gasteiger partial charge on any atom is -0.478 e. The van der Waals surface area contributed by atoms with Gasteiger partial charge < -0.3 is 14.7 Å². The third-order valence-electron chi connectivity index (χ3n) is 2.48. The van der Waals surface area contributed by atoms with Crippen molar-refractivity contribution in [2.24, 2.45) is 0 Å². The lowest BCUT2D eigenvalue weighted by Crippen LogP contribution is -2.36. The van der Waals surface area contributed by atoms with E-state index in [1.807, 2.05) is 0 Å². The van der Waals surface area contributed by atoms with Gasteiger partial charge in [-0.25, -0.2) is 4.79 Å². The Labute approximate surface area is 89.8 Å². The van der Waals surface area contributed by atoms with E-state index in [1.54, 1.807) is 13.0 Å². The van der Waals surface area contributed by atoms with Crippen LogP contribution >= 0.6 is 0 Å². The Balaban J connectivity index is 2.84. The number of morpholine rings is 1. The van der Waals surface area contributed by atoms with Gasteiger partial charge in [-0.1, -0.05) is 6.08 Å². The maximum atomic E-state index is 10.9. The van der Waals surface area contributed by atoms with Crippen molar-refractivity contribution in [3.05, 3.63) is 23.9 Å². The molecule has 4 heteroatoms. The lowest BCUT2D eigenvalue weighted by atomic mass is 10.1. The second-order valence-electron chi connectivity index (χ2n) is 3.47. The maximum Gasteiger partial charge on any atom is 0.333 e. The molecule has 0 bridgehead atoms. The summed E-state index contributed by atoms with van der Waals surface area (Å²) in [5.41, 5.74) is 1.25. The van der Waals surface area contributed by atoms with Gasteiger partial charge in [-0.05, 0) is 6.92 Å². The number of hydrogen-bond donors (Lipinski definition) is 1. The number of carboxylic acid groups (broad SMARTS) is 1. The Bertz CT molecular complexity index is 278. The third-order valence-corrected chi connectivity index (χ3v) is 2.48. The van der Waals surface area contributed by atoms with Crippen LogP contribution in [0.4, 0.5) is 0 Å². The summed E-state index contributed by atoms with van der Waals surface area (Å²) in [5, 5.41) is 8.96. The fourth-order valence-corrected chi connectivity index (χ4v) is 1.61. The number of carboxylic acids is 1. The molecule has 0 aromatic heterocycles. The van der Waals surface area contributed by atoms with Gasteiger partial charge in [-0.15, -0.1) is 6.58 Å². The van der Waals surface area contributed by atoms with Gasteiger partial charge >= 0.3 is 5.97 Å². The van der Waals surface area contributed by atoms with Crippen LogP contribution in [-0.2, 0) is 9.53 Å². The number of hydrogen-bond acceptors (Lipinski definition) is 3. The zero-order chi connectivity index (χ0) is 11.3. The quantitative estimate of drug-likeness (QED) is 0.561. The Morgan fingerprint density at radius 1 is 1.53 bits per heavy atom. The molecule has 0 amide bonds. The summed E-state index contributed by atoms with van der Waals surface area (Å²) in [6.45, 7) is 8.12. The zero-order valence-corrected chi connectivity index (χ0v) is 9.03. The molecule has 1 aliphatic heterocycles. The van der Waals surface area contributed by atoms with Gasteiger partial charge in [-0.3, -0.25) is 0 Å². The summed E-state index contributed by atoms with van der Waals surface area (Å²) >= 11 is 0. The number of rotatable bonds is 4. The van der Waals surface area contributed by atoms with Gasteiger partial charge in [0.1, 0.15) is 0 Å². The molecule has 0 radical (unpaired) electrons. The number of nitrogens with zero attached hydrogens (tertiary/aromatic N) is 1. The van der Waals surface area contributed by atoms with Crippen molar-refractivity contribution in [1.82, 2.24) is 4.90 Å². The molecule has 1 N–H and O–H groups in total. The first-order chi connectivity index (χ1) is 7.16. The molecule has 0 aliphatic carbocycles. The van der Waals surface area contributed by atoms with Crippen molar-refractivity contribution in [3.63, 3.8) is 0 Å². The molecule has 0 aromatic carbocycles. The van der Waals surface area contributed by atoms with E-state index in [2.05, 4.69) is 11.5 Å². The largest absolute Gasteiger partial charge is 0.478 e. The molecule has 1 rings (SSSR count). The van der Waals surface area contributed by atoms with Crippen molar-refractivity contribution in [3.8, 4) is 0 Å². The van der Waals surface area contributed by atoms with Crippen LogP contribution in [0.1, 0.15) is 13.3 Å². The molecule has 1 fully saturated rings. The second kappa shape index (κ2) is 5.56. The molecule has 0 atom stereocenters. The molecule has 0 aromatic rings. The summed E-state index contributed by atoms with van der Waals surface area (Å²) in [5.74, 6) is -0.863. The lowest BCUT2D eigenvalue weighted by Gasteiger charge is -2.31. The number of carbonyl (C=O) groups is 1. The van der Waals surface area contributed by atoms with Crippen LogP contribution in [0.15, 0.2) is 23.9 Å². The molecule has 0 unspecified atom stereocenters. The first-order valence-corrected chi connectivity index (χ1v) is 5.03. The Kier molecular flexibility index (Phi) is 4.37. The minimum atomic E-state index is -0.863. The Hall–Kier alpha value is -1.29. The van der Waals surface area contributed by atoms with Gasteiger partial charge in [0.15, 0.2) is 0 Å². The van der Waals surface area contributed by atoms with Gasteiger partial charge in [0, 0.05) is 25.2 Å². The monoisotopic (exact) mass is 211 g/mol. The smallest absolute Gasteiger partial charge is 0.333 e. The van der Waals surface area contributed by atoms with Crippen molar-refractivity contribution in [1.29, 1.82) is 0 Å². The van der Waals surface area contributed by atoms with E-state index in [0.29, 0.717) is 25.2 Å². The van der Waals surface area contributed by atoms with Crippen LogP contribution in [0.3, 0.4) is 0 Å². The van der Waals surface area contributed by atoms with Crippen LogP contribution < -0.4 is 0 Å². The first-order valence-electron chi connectivity index (χ1n) is 5.03. The van der Waals surface area contributed by atoms with Crippen LogP contribution in [0.25, 0.3) is 0 Å². The molecular weight excluding hydrogens is 194 g/mol. The van der Waals surface area contributed by atoms with Crippen LogP contribution in [-0.4, -0.2) is 42.3 Å². The van der Waals surface area contributed by atoms with Crippen LogP contribution in [0, 0.1) is 0 Å². The molecule has 1 saturated heterocycles. The fourth-order valence-electron chi connectivity index (χ4n) is 1.61. The van der Waals surface area contributed by atoms with Crippen molar-refractivity contribution in [2.45, 2.75) is 13.3 Å². The molecule has 4 nitrogen and oxygen atoms in total. The zero-order valence-electron chi connectivity index (χ0n) is 9.03. The van der Waals surface area contributed by atoms with Gasteiger partial charge in [0.05, 0.1) is 18.8 Å². The maximum absolute atomic E-state index is 10.9. The number of allylic oxidation sites excluding steroid dienone is 1. The van der Waals surface area contributed by atoms with Gasteiger partial charge in [0.2, 0.25) is 0 Å². The van der Waals surface area contributed by atoms with Crippen LogP contribution in [0.2, 0.25) is 0 Å². The van der Waals surface area contributed by atoms with E-state index in [1.165, 1.54) is 0 Å². The van der Waals surface area contributed by atoms with E-state index in [-0.39, 0.29) is 0 Å². The topological polar surface area (TPSA) is 49.8 Å². The molecule has 15 heavy (non-hydrogen) atoms. The normalized spacial score (nSPS) is 18.3. The Morgan fingerprint density at radius 2 is 2.13 bits per heavy atom. The highest BCUT2D eigenvalue weighted by Crippen LogP contribution is 2.16. The summed E-state index contributed by atoms with van der Waals surface area (Å²) in [4.78, 5) is 13.0. The summed E-state index contributed by atoms with van der Waals surface area (Å²) in [6.07, 6.45) is 2.33. The molecule has 0 spiro atoms. The minimum absolute atomic E-state index is 0.400. The average Bonchev–Trinajstić information content (AvgIpc) is 2.26. The molecule has 1 heterocycles. The number of ether oxygens (including phenoxy) is 1. The molecule has 84 valence electrons. The van der Waals surface area contributed by atoms with Crippen molar-refractivity contribution < 1.29 is 14.6 Å². The highest BCUT2D eigenvalue weighted by Gasteiger charge is 2.17. The SMILES string of the molecule is C=CC/C(=C(/C)C(=O)O)N1CCOCC1. The number of aliphatic carboxylic acids is 1. The summed E-state index contributed by atoms with van der Waals surface area (Å²) < 4.78 is 5.23. The first kappa shape index (κ1) is 11.8.